The summed E-state index contributed by atoms with van der Waals surface area (Å²) in [5, 5.41) is 9.12. The van der Waals surface area contributed by atoms with Crippen molar-refractivity contribution in [2.45, 2.75) is 29.4 Å². The van der Waals surface area contributed by atoms with E-state index in [4.69, 9.17) is 5.26 Å². The third-order valence-corrected chi connectivity index (χ3v) is 6.16. The number of hydrogen-bond donors (Lipinski definition) is 0. The lowest BCUT2D eigenvalue weighted by Gasteiger charge is -2.41. The number of hydrogen-bond acceptors (Lipinski definition) is 3. The maximum absolute atomic E-state index is 13.6. The molecule has 0 N–H and O–H groups in total. The molecule has 1 aliphatic carbocycles. The SMILES string of the molecule is CC1CCC1(C#N)S(=O)(=O)c1ccc(F)cc1F. The highest BCUT2D eigenvalue weighted by Gasteiger charge is 2.56. The monoisotopic (exact) mass is 271 g/mol. The van der Waals surface area contributed by atoms with E-state index in [-0.39, 0.29) is 12.3 Å². The maximum Gasteiger partial charge on any atom is 0.200 e. The molecule has 96 valence electrons. The smallest absolute Gasteiger partial charge is 0.200 e. The fraction of sp³-hybridized carbons (Fsp3) is 0.417. The average Bonchev–Trinajstić information content (AvgIpc) is 2.27. The zero-order valence-corrected chi connectivity index (χ0v) is 10.5. The van der Waals surface area contributed by atoms with Gasteiger partial charge in [-0.15, -0.1) is 0 Å². The Morgan fingerprint density at radius 1 is 1.44 bits per heavy atom. The highest BCUT2D eigenvalue weighted by molar-refractivity contribution is 7.93. The van der Waals surface area contributed by atoms with Gasteiger partial charge < -0.3 is 0 Å². The molecule has 2 rings (SSSR count). The fourth-order valence-electron chi connectivity index (χ4n) is 2.21. The predicted octanol–water partition coefficient (Wildman–Crippen LogP) is 2.43. The summed E-state index contributed by atoms with van der Waals surface area (Å²) in [6.45, 7) is 1.64. The van der Waals surface area contributed by atoms with E-state index in [1.807, 2.05) is 0 Å². The summed E-state index contributed by atoms with van der Waals surface area (Å²) < 4.78 is 49.4. The summed E-state index contributed by atoms with van der Waals surface area (Å²) in [6.07, 6.45) is 0.791. The average molecular weight is 271 g/mol. The Bertz CT molecular complexity index is 636. The standard InChI is InChI=1S/C12H11F2NO2S/c1-8-4-5-12(8,7-15)18(16,17)11-3-2-9(13)6-10(11)14/h2-3,6,8H,4-5H2,1H3. The van der Waals surface area contributed by atoms with Crippen molar-refractivity contribution in [1.82, 2.24) is 0 Å². The molecule has 2 atom stereocenters. The molecule has 1 fully saturated rings. The van der Waals surface area contributed by atoms with Crippen molar-refractivity contribution in [2.75, 3.05) is 0 Å². The zero-order valence-electron chi connectivity index (χ0n) is 9.65. The highest BCUT2D eigenvalue weighted by Crippen LogP contribution is 2.47. The van der Waals surface area contributed by atoms with Crippen LogP contribution in [0.1, 0.15) is 19.8 Å². The van der Waals surface area contributed by atoms with Gasteiger partial charge in [0.25, 0.3) is 0 Å². The molecule has 0 heterocycles. The first-order chi connectivity index (χ1) is 8.35. The van der Waals surface area contributed by atoms with Crippen LogP contribution >= 0.6 is 0 Å². The summed E-state index contributed by atoms with van der Waals surface area (Å²) >= 11 is 0. The van der Waals surface area contributed by atoms with Crippen molar-refractivity contribution < 1.29 is 17.2 Å². The van der Waals surface area contributed by atoms with Crippen molar-refractivity contribution >= 4 is 9.84 Å². The quantitative estimate of drug-likeness (QED) is 0.776. The molecule has 0 aromatic heterocycles. The number of sulfone groups is 1. The second kappa shape index (κ2) is 4.02. The molecule has 0 aliphatic heterocycles. The van der Waals surface area contributed by atoms with Crippen molar-refractivity contribution in [2.24, 2.45) is 5.92 Å². The number of benzene rings is 1. The molecule has 6 heteroatoms. The van der Waals surface area contributed by atoms with Crippen LogP contribution in [-0.2, 0) is 9.84 Å². The lowest BCUT2D eigenvalue weighted by Crippen LogP contribution is -2.51. The van der Waals surface area contributed by atoms with Crippen LogP contribution in [0, 0.1) is 28.9 Å². The molecule has 1 aromatic rings. The molecular formula is C12H11F2NO2S. The van der Waals surface area contributed by atoms with Crippen LogP contribution in [0.3, 0.4) is 0 Å². The lowest BCUT2D eigenvalue weighted by molar-refractivity contribution is 0.279. The van der Waals surface area contributed by atoms with Gasteiger partial charge in [0.05, 0.1) is 6.07 Å². The van der Waals surface area contributed by atoms with Crippen LogP contribution < -0.4 is 0 Å². The molecular weight excluding hydrogens is 260 g/mol. The van der Waals surface area contributed by atoms with Crippen molar-refractivity contribution in [3.8, 4) is 6.07 Å². The molecule has 0 radical (unpaired) electrons. The molecule has 0 bridgehead atoms. The first-order valence-corrected chi connectivity index (χ1v) is 6.94. The normalized spacial score (nSPS) is 27.3. The predicted molar refractivity (Wildman–Crippen MR) is 60.3 cm³/mol. The number of nitrogens with zero attached hydrogens (tertiary/aromatic N) is 1. The van der Waals surface area contributed by atoms with E-state index in [0.717, 1.165) is 12.1 Å². The van der Waals surface area contributed by atoms with E-state index in [1.54, 1.807) is 13.0 Å². The Morgan fingerprint density at radius 3 is 2.50 bits per heavy atom. The van der Waals surface area contributed by atoms with Gasteiger partial charge in [-0.05, 0) is 30.9 Å². The van der Waals surface area contributed by atoms with Gasteiger partial charge in [-0.1, -0.05) is 6.92 Å². The molecule has 0 amide bonds. The second-order valence-electron chi connectivity index (χ2n) is 4.52. The van der Waals surface area contributed by atoms with Gasteiger partial charge in [0, 0.05) is 6.07 Å². The van der Waals surface area contributed by atoms with Gasteiger partial charge in [0.15, 0.2) is 4.75 Å². The molecule has 1 aliphatic rings. The van der Waals surface area contributed by atoms with Crippen LogP contribution in [0.15, 0.2) is 23.1 Å². The lowest BCUT2D eigenvalue weighted by atomic mass is 9.75. The van der Waals surface area contributed by atoms with Crippen molar-refractivity contribution in [1.29, 1.82) is 5.26 Å². The Balaban J connectivity index is 2.60. The van der Waals surface area contributed by atoms with Gasteiger partial charge in [0.2, 0.25) is 9.84 Å². The topological polar surface area (TPSA) is 57.9 Å². The highest BCUT2D eigenvalue weighted by atomic mass is 32.2. The van der Waals surface area contributed by atoms with Crippen molar-refractivity contribution in [3.05, 3.63) is 29.8 Å². The van der Waals surface area contributed by atoms with Gasteiger partial charge in [-0.25, -0.2) is 17.2 Å². The van der Waals surface area contributed by atoms with Crippen LogP contribution in [0.4, 0.5) is 8.78 Å². The van der Waals surface area contributed by atoms with Crippen LogP contribution in [0.2, 0.25) is 0 Å². The maximum atomic E-state index is 13.6. The number of nitriles is 1. The molecule has 2 unspecified atom stereocenters. The van der Waals surface area contributed by atoms with Crippen LogP contribution in [0.5, 0.6) is 0 Å². The van der Waals surface area contributed by atoms with E-state index in [2.05, 4.69) is 0 Å². The largest absolute Gasteiger partial charge is 0.222 e. The minimum Gasteiger partial charge on any atom is -0.222 e. The summed E-state index contributed by atoms with van der Waals surface area (Å²) in [6, 6.07) is 4.07. The zero-order chi connectivity index (χ0) is 13.6. The fourth-order valence-corrected chi connectivity index (χ4v) is 4.32. The summed E-state index contributed by atoms with van der Waals surface area (Å²) in [7, 11) is -4.11. The first-order valence-electron chi connectivity index (χ1n) is 5.46. The third kappa shape index (κ3) is 1.54. The molecule has 18 heavy (non-hydrogen) atoms. The Labute approximate surface area is 104 Å². The van der Waals surface area contributed by atoms with E-state index < -0.39 is 31.1 Å². The molecule has 1 aromatic carbocycles. The minimum atomic E-state index is -4.11. The Kier molecular flexibility index (Phi) is 2.90. The second-order valence-corrected chi connectivity index (χ2v) is 6.69. The van der Waals surface area contributed by atoms with E-state index in [1.165, 1.54) is 0 Å². The van der Waals surface area contributed by atoms with Gasteiger partial charge in [-0.2, -0.15) is 5.26 Å². The van der Waals surface area contributed by atoms with E-state index in [9.17, 15) is 17.2 Å². The Hall–Kier alpha value is -1.48. The van der Waals surface area contributed by atoms with E-state index >= 15 is 0 Å². The Morgan fingerprint density at radius 2 is 2.11 bits per heavy atom. The number of halogens is 2. The van der Waals surface area contributed by atoms with E-state index in [0.29, 0.717) is 12.5 Å². The van der Waals surface area contributed by atoms with Gasteiger partial charge in [-0.3, -0.25) is 0 Å². The first kappa shape index (κ1) is 13.0. The summed E-state index contributed by atoms with van der Waals surface area (Å²) in [5.74, 6) is -2.35. The number of rotatable bonds is 2. The third-order valence-electron chi connectivity index (χ3n) is 3.60. The summed E-state index contributed by atoms with van der Waals surface area (Å²) in [4.78, 5) is -0.600. The minimum absolute atomic E-state index is 0.184. The van der Waals surface area contributed by atoms with Crippen LogP contribution in [0.25, 0.3) is 0 Å². The van der Waals surface area contributed by atoms with Crippen molar-refractivity contribution in [3.63, 3.8) is 0 Å². The van der Waals surface area contributed by atoms with Gasteiger partial charge in [0.1, 0.15) is 16.5 Å². The molecule has 3 nitrogen and oxygen atoms in total. The summed E-state index contributed by atoms with van der Waals surface area (Å²) in [5.41, 5.74) is 0. The molecule has 0 spiro atoms. The van der Waals surface area contributed by atoms with Gasteiger partial charge >= 0.3 is 0 Å². The molecule has 0 saturated heterocycles. The molecule has 1 saturated carbocycles. The van der Waals surface area contributed by atoms with Crippen LogP contribution in [-0.4, -0.2) is 13.2 Å².